The molecule has 1 amide bonds. The van der Waals surface area contributed by atoms with Crippen molar-refractivity contribution in [1.82, 2.24) is 20.2 Å². The number of carbonyl (C=O) groups excluding carboxylic acids is 1. The third-order valence-corrected chi connectivity index (χ3v) is 8.86. The summed E-state index contributed by atoms with van der Waals surface area (Å²) >= 11 is 8.86. The minimum atomic E-state index is -0.231. The van der Waals surface area contributed by atoms with Crippen molar-refractivity contribution >= 4 is 39.1 Å². The molecule has 0 spiro atoms. The Hall–Kier alpha value is -3.98. The van der Waals surface area contributed by atoms with Crippen LogP contribution in [-0.4, -0.2) is 41.5 Å². The number of thiophene rings is 1. The van der Waals surface area contributed by atoms with Gasteiger partial charge in [-0.1, -0.05) is 48.0 Å². The maximum Gasteiger partial charge on any atom is 0.253 e. The quantitative estimate of drug-likeness (QED) is 0.224. The van der Waals surface area contributed by atoms with Crippen LogP contribution in [0, 0.1) is 0 Å². The molecular formula is C32H29ClN4O3S. The topological polar surface area (TPSA) is 76.6 Å². The highest BCUT2D eigenvalue weighted by atomic mass is 35.5. The minimum absolute atomic E-state index is 0.186. The molecule has 0 aliphatic carbocycles. The average Bonchev–Trinajstić information content (AvgIpc) is 3.37. The second kappa shape index (κ2) is 11.9. The maximum absolute atomic E-state index is 12.8. The van der Waals surface area contributed by atoms with Gasteiger partial charge in [0.2, 0.25) is 0 Å². The number of benzene rings is 2. The van der Waals surface area contributed by atoms with E-state index in [-0.39, 0.29) is 12.5 Å². The van der Waals surface area contributed by atoms with Gasteiger partial charge in [0.15, 0.2) is 11.5 Å². The SMILES string of the molecule is COc1ccc(-c2c(Cl)c(CNC(=O)c3cccnc3)nc3sc4c(c23)CCN(Cc2ccccc2)C4)cc1OC. The molecule has 0 bridgehead atoms. The average molecular weight is 585 g/mol. The highest BCUT2D eigenvalue weighted by Crippen LogP contribution is 2.45. The van der Waals surface area contributed by atoms with Gasteiger partial charge in [-0.3, -0.25) is 14.7 Å². The molecule has 9 heteroatoms. The molecule has 41 heavy (non-hydrogen) atoms. The highest BCUT2D eigenvalue weighted by molar-refractivity contribution is 7.19. The first-order valence-corrected chi connectivity index (χ1v) is 14.5. The van der Waals surface area contributed by atoms with Crippen LogP contribution in [0.1, 0.15) is 32.1 Å². The van der Waals surface area contributed by atoms with Crippen LogP contribution in [0.4, 0.5) is 0 Å². The first-order valence-electron chi connectivity index (χ1n) is 13.3. The van der Waals surface area contributed by atoms with E-state index in [0.29, 0.717) is 27.8 Å². The molecule has 1 N–H and O–H groups in total. The predicted molar refractivity (Wildman–Crippen MR) is 163 cm³/mol. The van der Waals surface area contributed by atoms with E-state index in [1.165, 1.54) is 22.2 Å². The van der Waals surface area contributed by atoms with Gasteiger partial charge < -0.3 is 14.8 Å². The molecule has 6 rings (SSSR count). The summed E-state index contributed by atoms with van der Waals surface area (Å²) in [5.41, 5.74) is 5.50. The van der Waals surface area contributed by atoms with Crippen LogP contribution in [0.2, 0.25) is 5.02 Å². The van der Waals surface area contributed by atoms with Crippen molar-refractivity contribution in [1.29, 1.82) is 0 Å². The van der Waals surface area contributed by atoms with Crippen LogP contribution in [0.25, 0.3) is 21.3 Å². The number of rotatable bonds is 8. The number of hydrogen-bond donors (Lipinski definition) is 1. The molecule has 0 radical (unpaired) electrons. The summed E-state index contributed by atoms with van der Waals surface area (Å²) in [5.74, 6) is 1.03. The summed E-state index contributed by atoms with van der Waals surface area (Å²) in [6, 6.07) is 19.8. The predicted octanol–water partition coefficient (Wildman–Crippen LogP) is 6.52. The zero-order chi connectivity index (χ0) is 28.3. The Morgan fingerprint density at radius 1 is 1.07 bits per heavy atom. The fraction of sp³-hybridized carbons (Fsp3) is 0.219. The van der Waals surface area contributed by atoms with Crippen LogP contribution in [0.5, 0.6) is 11.5 Å². The number of fused-ring (bicyclic) bond motifs is 3. The number of methoxy groups -OCH3 is 2. The van der Waals surface area contributed by atoms with E-state index in [4.69, 9.17) is 26.1 Å². The Labute approximate surface area is 247 Å². The van der Waals surface area contributed by atoms with Gasteiger partial charge in [-0.05, 0) is 47.4 Å². The molecule has 2 aromatic carbocycles. The van der Waals surface area contributed by atoms with E-state index in [0.717, 1.165) is 47.4 Å². The summed E-state index contributed by atoms with van der Waals surface area (Å²) in [6.45, 7) is 2.88. The van der Waals surface area contributed by atoms with Crippen molar-refractivity contribution in [2.45, 2.75) is 26.1 Å². The monoisotopic (exact) mass is 584 g/mol. The number of ether oxygens (including phenoxy) is 2. The zero-order valence-electron chi connectivity index (χ0n) is 22.8. The van der Waals surface area contributed by atoms with Crippen molar-refractivity contribution < 1.29 is 14.3 Å². The van der Waals surface area contributed by atoms with Gasteiger partial charge in [0.1, 0.15) is 4.83 Å². The van der Waals surface area contributed by atoms with Crippen molar-refractivity contribution in [2.24, 2.45) is 0 Å². The summed E-state index contributed by atoms with van der Waals surface area (Å²) in [4.78, 5) is 26.5. The van der Waals surface area contributed by atoms with Gasteiger partial charge in [-0.2, -0.15) is 0 Å². The number of amides is 1. The largest absolute Gasteiger partial charge is 0.493 e. The lowest BCUT2D eigenvalue weighted by molar-refractivity contribution is 0.0950. The van der Waals surface area contributed by atoms with E-state index < -0.39 is 0 Å². The summed E-state index contributed by atoms with van der Waals surface area (Å²) in [5, 5.41) is 4.55. The number of carbonyl (C=O) groups is 1. The molecular weight excluding hydrogens is 556 g/mol. The van der Waals surface area contributed by atoms with Gasteiger partial charge >= 0.3 is 0 Å². The van der Waals surface area contributed by atoms with Gasteiger partial charge in [0.05, 0.1) is 37.0 Å². The molecule has 0 unspecified atom stereocenters. The Morgan fingerprint density at radius 2 is 1.90 bits per heavy atom. The third-order valence-electron chi connectivity index (χ3n) is 7.34. The number of pyridine rings is 2. The second-order valence-electron chi connectivity index (χ2n) is 9.87. The lowest BCUT2D eigenvalue weighted by Gasteiger charge is -2.27. The number of nitrogens with zero attached hydrogens (tertiary/aromatic N) is 3. The molecule has 1 aliphatic rings. The normalized spacial score (nSPS) is 13.1. The van der Waals surface area contributed by atoms with Gasteiger partial charge in [0, 0.05) is 47.9 Å². The number of hydrogen-bond acceptors (Lipinski definition) is 7. The summed E-state index contributed by atoms with van der Waals surface area (Å²) < 4.78 is 11.1. The van der Waals surface area contributed by atoms with E-state index in [9.17, 15) is 4.79 Å². The van der Waals surface area contributed by atoms with Crippen molar-refractivity contribution in [3.63, 3.8) is 0 Å². The van der Waals surface area contributed by atoms with Crippen LogP contribution in [-0.2, 0) is 26.1 Å². The number of aromatic nitrogens is 2. The lowest BCUT2D eigenvalue weighted by Crippen LogP contribution is -2.29. The minimum Gasteiger partial charge on any atom is -0.493 e. The van der Waals surface area contributed by atoms with Crippen molar-refractivity contribution in [3.05, 3.63) is 105 Å². The summed E-state index contributed by atoms with van der Waals surface area (Å²) in [7, 11) is 3.24. The maximum atomic E-state index is 12.8. The molecule has 5 aromatic rings. The highest BCUT2D eigenvalue weighted by Gasteiger charge is 2.27. The molecule has 3 aromatic heterocycles. The van der Waals surface area contributed by atoms with Crippen LogP contribution < -0.4 is 14.8 Å². The molecule has 1 aliphatic heterocycles. The standard InChI is InChI=1S/C32H29ClN4O3S/c1-39-25-11-10-21(15-26(25)40-2)28-29-23-12-14-37(18-20-7-4-3-5-8-20)19-27(23)41-32(29)36-24(30(28)33)17-35-31(38)22-9-6-13-34-16-22/h3-11,13,15-16H,12,14,17-19H2,1-2H3,(H,35,38). The Balaban J connectivity index is 1.41. The molecule has 208 valence electrons. The Morgan fingerprint density at radius 3 is 2.66 bits per heavy atom. The van der Waals surface area contributed by atoms with E-state index in [1.54, 1.807) is 43.9 Å². The van der Waals surface area contributed by atoms with Crippen molar-refractivity contribution in [3.8, 4) is 22.6 Å². The molecule has 4 heterocycles. The Kier molecular flexibility index (Phi) is 7.87. The lowest BCUT2D eigenvalue weighted by atomic mass is 9.95. The van der Waals surface area contributed by atoms with Crippen LogP contribution >= 0.6 is 22.9 Å². The van der Waals surface area contributed by atoms with Crippen LogP contribution in [0.15, 0.2) is 73.1 Å². The number of nitrogens with one attached hydrogen (secondary N) is 1. The van der Waals surface area contributed by atoms with Gasteiger partial charge in [0.25, 0.3) is 5.91 Å². The molecule has 0 fully saturated rings. The molecule has 0 saturated carbocycles. The summed E-state index contributed by atoms with van der Waals surface area (Å²) in [6.07, 6.45) is 4.08. The second-order valence-corrected chi connectivity index (χ2v) is 11.3. The molecule has 0 saturated heterocycles. The fourth-order valence-corrected chi connectivity index (χ4v) is 6.93. The number of halogens is 1. The molecule has 0 atom stereocenters. The first kappa shape index (κ1) is 27.2. The van der Waals surface area contributed by atoms with E-state index >= 15 is 0 Å². The fourth-order valence-electron chi connectivity index (χ4n) is 5.32. The molecule has 7 nitrogen and oxygen atoms in total. The smallest absolute Gasteiger partial charge is 0.253 e. The van der Waals surface area contributed by atoms with E-state index in [1.807, 2.05) is 24.3 Å². The van der Waals surface area contributed by atoms with Crippen LogP contribution in [0.3, 0.4) is 0 Å². The van der Waals surface area contributed by atoms with Crippen molar-refractivity contribution in [2.75, 3.05) is 20.8 Å². The zero-order valence-corrected chi connectivity index (χ0v) is 24.4. The van der Waals surface area contributed by atoms with Gasteiger partial charge in [-0.25, -0.2) is 4.98 Å². The Bertz CT molecular complexity index is 1710. The van der Waals surface area contributed by atoms with Gasteiger partial charge in [-0.15, -0.1) is 11.3 Å². The first-order chi connectivity index (χ1) is 20.1. The third kappa shape index (κ3) is 5.51. The van der Waals surface area contributed by atoms with E-state index in [2.05, 4.69) is 39.5 Å².